The normalized spacial score (nSPS) is 14.5. The van der Waals surface area contributed by atoms with Gasteiger partial charge >= 0.3 is 0 Å². The lowest BCUT2D eigenvalue weighted by molar-refractivity contribution is 0.103. The van der Waals surface area contributed by atoms with Crippen LogP contribution in [0.4, 0.5) is 0 Å². The molecule has 0 aromatic rings. The van der Waals surface area contributed by atoms with E-state index >= 15 is 0 Å². The Labute approximate surface area is 42.9 Å². The molecule has 0 aromatic carbocycles. The molecule has 0 amide bonds. The van der Waals surface area contributed by atoms with E-state index in [-0.39, 0.29) is 0 Å². The predicted octanol–water partition coefficient (Wildman–Crippen LogP) is 1.43. The van der Waals surface area contributed by atoms with Crippen LogP contribution < -0.4 is 0 Å². The topological polar surface area (TPSA) is 19.9 Å². The summed E-state index contributed by atoms with van der Waals surface area (Å²) in [6.45, 7) is 1.61. The predicted molar refractivity (Wildman–Crippen MR) is 25.5 cm³/mol. The first kappa shape index (κ1) is 6.25. The van der Waals surface area contributed by atoms with Crippen LogP contribution in [0.1, 0.15) is 13.3 Å². The monoisotopic (exact) mass is 107 g/mol. The van der Waals surface area contributed by atoms with Gasteiger partial charge in [0.25, 0.3) is 0 Å². The summed E-state index contributed by atoms with van der Waals surface area (Å²) in [7, 11) is 0. The Morgan fingerprint density at radius 1 is 1.83 bits per heavy atom. The van der Waals surface area contributed by atoms with Crippen molar-refractivity contribution in [3.05, 3.63) is 0 Å². The smallest absolute Gasteiger partial charge is 0.0913 e. The average Bonchev–Trinajstić information content (AvgIpc) is 1.35. The number of hydrogen-bond acceptors (Lipinski definition) is 0. The van der Waals surface area contributed by atoms with Gasteiger partial charge in [-0.25, -0.2) is 5.11 Å². The molecule has 0 aromatic heterocycles. The number of halogens is 1. The highest BCUT2D eigenvalue weighted by atomic mass is 35.5. The molecular weight excluding hydrogens is 99.5 g/mol. The van der Waals surface area contributed by atoms with Crippen molar-refractivity contribution < 1.29 is 5.11 Å². The Balaban J connectivity index is 2.63. The van der Waals surface area contributed by atoms with E-state index in [1.165, 1.54) is 0 Å². The van der Waals surface area contributed by atoms with Crippen molar-refractivity contribution in [3.8, 4) is 0 Å². The van der Waals surface area contributed by atoms with Gasteiger partial charge in [0.15, 0.2) is 0 Å². The molecule has 0 bridgehead atoms. The second kappa shape index (κ2) is 3.44. The van der Waals surface area contributed by atoms with Crippen LogP contribution in [0, 0.1) is 0 Å². The van der Waals surface area contributed by atoms with Crippen LogP contribution in [0.3, 0.4) is 0 Å². The molecular formula is C4H8ClO. The van der Waals surface area contributed by atoms with Gasteiger partial charge < -0.3 is 0 Å². The van der Waals surface area contributed by atoms with Gasteiger partial charge in [-0.3, -0.25) is 0 Å². The first-order valence-corrected chi connectivity index (χ1v) is 2.52. The molecule has 6 heavy (non-hydrogen) atoms. The van der Waals surface area contributed by atoms with E-state index < -0.39 is 6.10 Å². The standard InChI is InChI=1S/C4H8ClO/c1-4(6)2-3-5/h4H,2-3H2,1H3. The summed E-state index contributed by atoms with van der Waals surface area (Å²) < 4.78 is 0. The highest BCUT2D eigenvalue weighted by Crippen LogP contribution is 1.90. The second-order valence-corrected chi connectivity index (χ2v) is 1.67. The molecule has 37 valence electrons. The SMILES string of the molecule is CC([O])CCCl. The number of rotatable bonds is 2. The van der Waals surface area contributed by atoms with Crippen LogP contribution in [-0.4, -0.2) is 12.0 Å². The zero-order valence-electron chi connectivity index (χ0n) is 3.78. The highest BCUT2D eigenvalue weighted by molar-refractivity contribution is 6.17. The van der Waals surface area contributed by atoms with Crippen molar-refractivity contribution in [2.24, 2.45) is 0 Å². The van der Waals surface area contributed by atoms with Crippen molar-refractivity contribution in [3.63, 3.8) is 0 Å². The van der Waals surface area contributed by atoms with Crippen LogP contribution in [-0.2, 0) is 5.11 Å². The van der Waals surface area contributed by atoms with Gasteiger partial charge in [0.1, 0.15) is 0 Å². The molecule has 0 rings (SSSR count). The Morgan fingerprint density at radius 2 is 2.33 bits per heavy atom. The fourth-order valence-corrected chi connectivity index (χ4v) is 0.461. The van der Waals surface area contributed by atoms with Crippen molar-refractivity contribution in [1.29, 1.82) is 0 Å². The zero-order chi connectivity index (χ0) is 4.99. The van der Waals surface area contributed by atoms with Crippen molar-refractivity contribution in [1.82, 2.24) is 0 Å². The van der Waals surface area contributed by atoms with Crippen molar-refractivity contribution in [2.75, 3.05) is 5.88 Å². The summed E-state index contributed by atoms with van der Waals surface area (Å²) in [4.78, 5) is 0. The minimum atomic E-state index is -0.484. The lowest BCUT2D eigenvalue weighted by Gasteiger charge is -1.90. The van der Waals surface area contributed by atoms with Gasteiger partial charge in [-0.05, 0) is 13.3 Å². The molecule has 0 saturated heterocycles. The number of hydrogen-bond donors (Lipinski definition) is 0. The molecule has 1 unspecified atom stereocenters. The second-order valence-electron chi connectivity index (χ2n) is 1.29. The molecule has 0 saturated carbocycles. The average molecular weight is 108 g/mol. The minimum Gasteiger partial charge on any atom is -0.233 e. The third-order valence-electron chi connectivity index (χ3n) is 0.516. The third kappa shape index (κ3) is 4.25. The van der Waals surface area contributed by atoms with E-state index in [9.17, 15) is 5.11 Å². The molecule has 0 aliphatic rings. The highest BCUT2D eigenvalue weighted by Gasteiger charge is 1.91. The Morgan fingerprint density at radius 3 is 2.33 bits per heavy atom. The molecule has 0 spiro atoms. The lowest BCUT2D eigenvalue weighted by Crippen LogP contribution is -1.95. The molecule has 2 heteroatoms. The largest absolute Gasteiger partial charge is 0.233 e. The molecule has 1 atom stereocenters. The Kier molecular flexibility index (Phi) is 3.58. The Bertz CT molecular complexity index is 28.7. The van der Waals surface area contributed by atoms with E-state index in [1.54, 1.807) is 6.92 Å². The van der Waals surface area contributed by atoms with Crippen LogP contribution in [0.5, 0.6) is 0 Å². The lowest BCUT2D eigenvalue weighted by atomic mass is 10.3. The summed E-state index contributed by atoms with van der Waals surface area (Å²) >= 11 is 5.20. The van der Waals surface area contributed by atoms with E-state index in [1.807, 2.05) is 0 Å². The molecule has 0 aliphatic carbocycles. The maximum Gasteiger partial charge on any atom is 0.0913 e. The molecule has 0 fully saturated rings. The quantitative estimate of drug-likeness (QED) is 0.476. The van der Waals surface area contributed by atoms with E-state index in [0.29, 0.717) is 12.3 Å². The van der Waals surface area contributed by atoms with Gasteiger partial charge in [-0.15, -0.1) is 11.6 Å². The van der Waals surface area contributed by atoms with Crippen LogP contribution in [0.15, 0.2) is 0 Å². The summed E-state index contributed by atoms with van der Waals surface area (Å²) in [6, 6.07) is 0. The van der Waals surface area contributed by atoms with Gasteiger partial charge in [-0.2, -0.15) is 0 Å². The van der Waals surface area contributed by atoms with Gasteiger partial charge in [0, 0.05) is 5.88 Å². The minimum absolute atomic E-state index is 0.484. The molecule has 1 radical (unpaired) electrons. The molecule has 1 nitrogen and oxygen atoms in total. The van der Waals surface area contributed by atoms with E-state index in [2.05, 4.69) is 0 Å². The van der Waals surface area contributed by atoms with Crippen molar-refractivity contribution in [2.45, 2.75) is 19.4 Å². The van der Waals surface area contributed by atoms with Crippen LogP contribution in [0.2, 0.25) is 0 Å². The number of alkyl halides is 1. The maximum atomic E-state index is 10.0. The van der Waals surface area contributed by atoms with Crippen molar-refractivity contribution >= 4 is 11.6 Å². The Hall–Kier alpha value is 0.250. The molecule has 0 N–H and O–H groups in total. The third-order valence-corrected chi connectivity index (χ3v) is 0.734. The first-order valence-electron chi connectivity index (χ1n) is 1.99. The summed E-state index contributed by atoms with van der Waals surface area (Å²) in [5.74, 6) is 0.491. The van der Waals surface area contributed by atoms with Gasteiger partial charge in [-0.1, -0.05) is 0 Å². The molecule has 0 heterocycles. The van der Waals surface area contributed by atoms with Gasteiger partial charge in [0.2, 0.25) is 0 Å². The fraction of sp³-hybridized carbons (Fsp3) is 1.00. The molecule has 0 aliphatic heterocycles. The van der Waals surface area contributed by atoms with Gasteiger partial charge in [0.05, 0.1) is 6.10 Å². The first-order chi connectivity index (χ1) is 2.77. The van der Waals surface area contributed by atoms with Crippen LogP contribution in [0.25, 0.3) is 0 Å². The zero-order valence-corrected chi connectivity index (χ0v) is 4.53. The summed E-state index contributed by atoms with van der Waals surface area (Å²) in [5, 5.41) is 10.0. The van der Waals surface area contributed by atoms with Crippen LogP contribution >= 0.6 is 11.6 Å². The summed E-state index contributed by atoms with van der Waals surface area (Å²) in [6.07, 6.45) is 0.101. The maximum absolute atomic E-state index is 10.0. The summed E-state index contributed by atoms with van der Waals surface area (Å²) in [5.41, 5.74) is 0. The van der Waals surface area contributed by atoms with E-state index in [0.717, 1.165) is 0 Å². The fourth-order valence-electron chi connectivity index (χ4n) is 0.154. The van der Waals surface area contributed by atoms with E-state index in [4.69, 9.17) is 11.6 Å².